The van der Waals surface area contributed by atoms with Crippen molar-refractivity contribution in [2.24, 2.45) is 11.8 Å². The number of piperidine rings is 1. The molecule has 2 heterocycles. The summed E-state index contributed by atoms with van der Waals surface area (Å²) in [7, 11) is 4.12. The minimum atomic E-state index is 0.148. The van der Waals surface area contributed by atoms with Crippen LogP contribution < -0.4 is 0 Å². The molecule has 2 aromatic carbocycles. The van der Waals surface area contributed by atoms with Crippen LogP contribution in [-0.4, -0.2) is 66.1 Å². The van der Waals surface area contributed by atoms with Crippen LogP contribution in [-0.2, 0) is 11.2 Å². The molecule has 1 amide bonds. The van der Waals surface area contributed by atoms with Gasteiger partial charge in [-0.1, -0.05) is 24.3 Å². The number of amides is 1. The average Bonchev–Trinajstić information content (AvgIpc) is 3.05. The van der Waals surface area contributed by atoms with Gasteiger partial charge in [0, 0.05) is 48.0 Å². The molecule has 0 saturated carbocycles. The van der Waals surface area contributed by atoms with Gasteiger partial charge >= 0.3 is 0 Å². The molecule has 4 rings (SSSR count). The Bertz CT molecular complexity index is 978. The normalized spacial score (nSPS) is 20.4. The highest BCUT2D eigenvalue weighted by molar-refractivity contribution is 6.07. The number of H-pyrrole nitrogens is 1. The second kappa shape index (κ2) is 7.94. The van der Waals surface area contributed by atoms with Crippen molar-refractivity contribution < 1.29 is 9.90 Å². The van der Waals surface area contributed by atoms with Crippen LogP contribution in [0.5, 0.6) is 0 Å². The molecule has 0 aliphatic carbocycles. The minimum Gasteiger partial charge on any atom is -0.396 e. The summed E-state index contributed by atoms with van der Waals surface area (Å²) in [6.45, 7) is 2.54. The lowest BCUT2D eigenvalue weighted by Gasteiger charge is -2.38. The average molecular weight is 380 g/mol. The number of aliphatic hydroxyl groups excluding tert-OH is 1. The number of hydrogen-bond donors (Lipinski definition) is 2. The minimum absolute atomic E-state index is 0.148. The Hall–Kier alpha value is -2.37. The van der Waals surface area contributed by atoms with Crippen LogP contribution in [0.2, 0.25) is 0 Å². The zero-order valence-electron chi connectivity index (χ0n) is 16.7. The zero-order valence-corrected chi connectivity index (χ0v) is 16.7. The first-order valence-electron chi connectivity index (χ1n) is 10.1. The topological polar surface area (TPSA) is 59.6 Å². The number of carbonyl (C=O) groups is 1. The molecule has 1 aromatic heterocycles. The van der Waals surface area contributed by atoms with Crippen molar-refractivity contribution in [3.63, 3.8) is 0 Å². The third-order valence-electron chi connectivity index (χ3n) is 5.78. The molecule has 148 valence electrons. The lowest BCUT2D eigenvalue weighted by atomic mass is 9.89. The van der Waals surface area contributed by atoms with Crippen molar-refractivity contribution in [2.75, 3.05) is 40.3 Å². The van der Waals surface area contributed by atoms with Crippen molar-refractivity contribution in [3.8, 4) is 0 Å². The van der Waals surface area contributed by atoms with Crippen molar-refractivity contribution >= 4 is 27.7 Å². The number of benzene rings is 2. The van der Waals surface area contributed by atoms with E-state index in [4.69, 9.17) is 0 Å². The number of hydrogen-bond acceptors (Lipinski definition) is 3. The molecule has 0 spiro atoms. The molecule has 0 bridgehead atoms. The Labute approximate surface area is 165 Å². The Morgan fingerprint density at radius 2 is 1.86 bits per heavy atom. The fraction of sp³-hybridized carbons (Fsp3) is 0.435. The van der Waals surface area contributed by atoms with Crippen molar-refractivity contribution in [1.82, 2.24) is 14.8 Å². The Morgan fingerprint density at radius 1 is 1.11 bits per heavy atom. The van der Waals surface area contributed by atoms with Gasteiger partial charge in [-0.15, -0.1) is 0 Å². The molecule has 28 heavy (non-hydrogen) atoms. The van der Waals surface area contributed by atoms with E-state index in [2.05, 4.69) is 48.2 Å². The van der Waals surface area contributed by atoms with Gasteiger partial charge in [0.15, 0.2) is 0 Å². The summed E-state index contributed by atoms with van der Waals surface area (Å²) in [5, 5.41) is 12.0. The molecule has 1 aliphatic heterocycles. The van der Waals surface area contributed by atoms with E-state index in [0.717, 1.165) is 36.1 Å². The summed E-state index contributed by atoms with van der Waals surface area (Å²) in [6.07, 6.45) is 1.39. The number of fused-ring (bicyclic) bond motifs is 3. The number of aromatic nitrogens is 1. The summed E-state index contributed by atoms with van der Waals surface area (Å²) in [6, 6.07) is 14.5. The van der Waals surface area contributed by atoms with Crippen LogP contribution in [0.15, 0.2) is 42.5 Å². The van der Waals surface area contributed by atoms with Gasteiger partial charge in [0.1, 0.15) is 0 Å². The SMILES string of the molecule is CN(C)C[C@H]1C[C@@H](CO)CN(C(=O)Cc2ccc3[nH]c4ccccc4c3c2)C1. The van der Waals surface area contributed by atoms with Crippen LogP contribution in [0.3, 0.4) is 0 Å². The molecule has 3 aromatic rings. The van der Waals surface area contributed by atoms with Crippen LogP contribution in [0.1, 0.15) is 12.0 Å². The molecule has 0 unspecified atom stereocenters. The van der Waals surface area contributed by atoms with E-state index in [-0.39, 0.29) is 18.4 Å². The Balaban J connectivity index is 1.52. The van der Waals surface area contributed by atoms with Gasteiger partial charge in [0.05, 0.1) is 6.42 Å². The molecule has 2 N–H and O–H groups in total. The van der Waals surface area contributed by atoms with Gasteiger partial charge in [-0.05, 0) is 56.1 Å². The van der Waals surface area contributed by atoms with Crippen molar-refractivity contribution in [1.29, 1.82) is 0 Å². The largest absolute Gasteiger partial charge is 0.396 e. The molecule has 1 fully saturated rings. The summed E-state index contributed by atoms with van der Waals surface area (Å²) in [5.74, 6) is 0.751. The smallest absolute Gasteiger partial charge is 0.227 e. The molecule has 0 radical (unpaired) electrons. The molecule has 1 aliphatic rings. The van der Waals surface area contributed by atoms with Crippen LogP contribution in [0.25, 0.3) is 21.8 Å². The van der Waals surface area contributed by atoms with Gasteiger partial charge in [-0.2, -0.15) is 0 Å². The van der Waals surface area contributed by atoms with Crippen LogP contribution in [0, 0.1) is 11.8 Å². The fourth-order valence-corrected chi connectivity index (χ4v) is 4.59. The standard InChI is InChI=1S/C23H29N3O2/c1-25(2)12-17-9-18(15-27)14-26(13-17)23(28)11-16-7-8-22-20(10-16)19-5-3-4-6-21(19)24-22/h3-8,10,17-18,24,27H,9,11-15H2,1-2H3/t17-,18-/m1/s1. The highest BCUT2D eigenvalue weighted by Gasteiger charge is 2.29. The molecular formula is C23H29N3O2. The van der Waals surface area contributed by atoms with E-state index in [1.807, 2.05) is 23.1 Å². The zero-order chi connectivity index (χ0) is 19.7. The van der Waals surface area contributed by atoms with Gasteiger partial charge in [-0.3, -0.25) is 4.79 Å². The van der Waals surface area contributed by atoms with E-state index in [1.165, 1.54) is 10.8 Å². The van der Waals surface area contributed by atoms with Gasteiger partial charge in [0.25, 0.3) is 0 Å². The lowest BCUT2D eigenvalue weighted by molar-refractivity contribution is -0.133. The van der Waals surface area contributed by atoms with E-state index in [9.17, 15) is 9.90 Å². The number of aliphatic hydroxyl groups is 1. The van der Waals surface area contributed by atoms with Gasteiger partial charge in [0.2, 0.25) is 5.91 Å². The number of rotatable bonds is 5. The molecule has 1 saturated heterocycles. The first-order chi connectivity index (χ1) is 13.5. The Morgan fingerprint density at radius 3 is 2.64 bits per heavy atom. The van der Waals surface area contributed by atoms with E-state index >= 15 is 0 Å². The summed E-state index contributed by atoms with van der Waals surface area (Å²) in [4.78, 5) is 20.6. The predicted octanol–water partition coefficient (Wildman–Crippen LogP) is 2.88. The van der Waals surface area contributed by atoms with Gasteiger partial charge in [-0.25, -0.2) is 0 Å². The molecule has 5 heteroatoms. The maximum absolute atomic E-state index is 13.0. The first kappa shape index (κ1) is 19.0. The summed E-state index contributed by atoms with van der Waals surface area (Å²) < 4.78 is 0. The molecular weight excluding hydrogens is 350 g/mol. The summed E-state index contributed by atoms with van der Waals surface area (Å²) >= 11 is 0. The van der Waals surface area contributed by atoms with E-state index in [0.29, 0.717) is 18.9 Å². The number of carbonyl (C=O) groups excluding carboxylic acids is 1. The number of nitrogens with one attached hydrogen (secondary N) is 1. The van der Waals surface area contributed by atoms with E-state index < -0.39 is 0 Å². The number of likely N-dealkylation sites (tertiary alicyclic amines) is 1. The second-order valence-corrected chi connectivity index (χ2v) is 8.44. The third-order valence-corrected chi connectivity index (χ3v) is 5.78. The Kier molecular flexibility index (Phi) is 5.38. The number of nitrogens with zero attached hydrogens (tertiary/aromatic N) is 2. The van der Waals surface area contributed by atoms with Crippen LogP contribution >= 0.6 is 0 Å². The number of para-hydroxylation sites is 1. The van der Waals surface area contributed by atoms with Crippen molar-refractivity contribution in [2.45, 2.75) is 12.8 Å². The summed E-state index contributed by atoms with van der Waals surface area (Å²) in [5.41, 5.74) is 3.26. The second-order valence-electron chi connectivity index (χ2n) is 8.44. The highest BCUT2D eigenvalue weighted by Crippen LogP contribution is 2.27. The fourth-order valence-electron chi connectivity index (χ4n) is 4.59. The third kappa shape index (κ3) is 3.91. The maximum atomic E-state index is 13.0. The van der Waals surface area contributed by atoms with Gasteiger partial charge < -0.3 is 19.9 Å². The molecule has 2 atom stereocenters. The van der Waals surface area contributed by atoms with Crippen molar-refractivity contribution in [3.05, 3.63) is 48.0 Å². The maximum Gasteiger partial charge on any atom is 0.227 e. The van der Waals surface area contributed by atoms with Crippen LogP contribution in [0.4, 0.5) is 0 Å². The lowest BCUT2D eigenvalue weighted by Crippen LogP contribution is -2.47. The van der Waals surface area contributed by atoms with E-state index in [1.54, 1.807) is 0 Å². The quantitative estimate of drug-likeness (QED) is 0.717. The molecule has 5 nitrogen and oxygen atoms in total. The number of aromatic amines is 1. The first-order valence-corrected chi connectivity index (χ1v) is 10.1. The monoisotopic (exact) mass is 379 g/mol. The predicted molar refractivity (Wildman–Crippen MR) is 113 cm³/mol. The highest BCUT2D eigenvalue weighted by atomic mass is 16.3.